The van der Waals surface area contributed by atoms with Crippen molar-refractivity contribution in [3.63, 3.8) is 0 Å². The molecule has 1 aromatic carbocycles. The van der Waals surface area contributed by atoms with Crippen LogP contribution in [0.4, 0.5) is 23.7 Å². The maximum absolute atomic E-state index is 12.9. The average Bonchev–Trinajstić information content (AvgIpc) is 3.38. The molecule has 0 atom stereocenters. The number of halogens is 3. The van der Waals surface area contributed by atoms with Crippen molar-refractivity contribution in [1.82, 2.24) is 15.5 Å². The Morgan fingerprint density at radius 3 is 2.61 bits per heavy atom. The number of amides is 2. The zero-order chi connectivity index (χ0) is 19.8. The Balaban J connectivity index is 1.51. The highest BCUT2D eigenvalue weighted by Gasteiger charge is 2.42. The summed E-state index contributed by atoms with van der Waals surface area (Å²) in [7, 11) is 0. The number of nitrogens with one attached hydrogen (secondary N) is 2. The number of carbonyl (C=O) groups is 1. The number of hydrogen-bond acceptors (Lipinski definition) is 4. The summed E-state index contributed by atoms with van der Waals surface area (Å²) >= 11 is 0. The molecule has 2 fully saturated rings. The van der Waals surface area contributed by atoms with E-state index in [1.165, 1.54) is 12.1 Å². The van der Waals surface area contributed by atoms with Gasteiger partial charge in [0.1, 0.15) is 5.54 Å². The second kappa shape index (κ2) is 7.10. The molecular formula is C19H21F3N4O2. The molecular weight excluding hydrogens is 373 g/mol. The second-order valence-corrected chi connectivity index (χ2v) is 7.53. The van der Waals surface area contributed by atoms with E-state index in [9.17, 15) is 18.0 Å². The van der Waals surface area contributed by atoms with Crippen molar-refractivity contribution < 1.29 is 22.5 Å². The van der Waals surface area contributed by atoms with Gasteiger partial charge in [-0.2, -0.15) is 18.2 Å². The van der Waals surface area contributed by atoms with E-state index >= 15 is 0 Å². The third kappa shape index (κ3) is 3.98. The van der Waals surface area contributed by atoms with Crippen LogP contribution in [0.3, 0.4) is 0 Å². The summed E-state index contributed by atoms with van der Waals surface area (Å²) in [5, 5.41) is 9.44. The summed E-state index contributed by atoms with van der Waals surface area (Å²) < 4.78 is 44.1. The van der Waals surface area contributed by atoms with E-state index in [0.717, 1.165) is 44.2 Å². The van der Waals surface area contributed by atoms with Gasteiger partial charge >= 0.3 is 12.2 Å². The number of rotatable bonds is 4. The first-order valence-corrected chi connectivity index (χ1v) is 9.46. The molecule has 2 aromatic rings. The van der Waals surface area contributed by atoms with Crippen LogP contribution in [-0.2, 0) is 11.7 Å². The quantitative estimate of drug-likeness (QED) is 0.769. The fraction of sp³-hybridized carbons (Fsp3) is 0.526. The fourth-order valence-corrected chi connectivity index (χ4v) is 3.64. The van der Waals surface area contributed by atoms with Gasteiger partial charge in [-0.15, -0.1) is 0 Å². The summed E-state index contributed by atoms with van der Waals surface area (Å²) in [6.07, 6.45) is 1.73. The van der Waals surface area contributed by atoms with E-state index in [4.69, 9.17) is 4.52 Å². The maximum atomic E-state index is 12.9. The normalized spacial score (nSPS) is 19.2. The SMILES string of the molecule is O=C(Nc1cccc(C(F)(F)F)c1)NC1(c2nc(C3CC3)no2)CCCCC1. The average molecular weight is 394 g/mol. The van der Waals surface area contributed by atoms with Gasteiger partial charge < -0.3 is 15.2 Å². The number of benzene rings is 1. The lowest BCUT2D eigenvalue weighted by Crippen LogP contribution is -2.49. The molecule has 2 N–H and O–H groups in total. The summed E-state index contributed by atoms with van der Waals surface area (Å²) in [5.74, 6) is 1.38. The number of nitrogens with zero attached hydrogens (tertiary/aromatic N) is 2. The van der Waals surface area contributed by atoms with Crippen LogP contribution in [0.1, 0.15) is 68.1 Å². The number of aromatic nitrogens is 2. The van der Waals surface area contributed by atoms with Gasteiger partial charge in [-0.05, 0) is 43.9 Å². The number of carbonyl (C=O) groups excluding carboxylic acids is 1. The second-order valence-electron chi connectivity index (χ2n) is 7.53. The van der Waals surface area contributed by atoms with Crippen molar-refractivity contribution in [2.24, 2.45) is 0 Å². The lowest BCUT2D eigenvalue weighted by molar-refractivity contribution is -0.137. The Hall–Kier alpha value is -2.58. The zero-order valence-corrected chi connectivity index (χ0v) is 15.2. The molecule has 4 rings (SSSR count). The van der Waals surface area contributed by atoms with Crippen LogP contribution in [0, 0.1) is 0 Å². The molecule has 0 saturated heterocycles. The predicted octanol–water partition coefficient (Wildman–Crippen LogP) is 4.95. The highest BCUT2D eigenvalue weighted by atomic mass is 19.4. The van der Waals surface area contributed by atoms with Crippen molar-refractivity contribution in [3.8, 4) is 0 Å². The van der Waals surface area contributed by atoms with E-state index in [-0.39, 0.29) is 5.69 Å². The maximum Gasteiger partial charge on any atom is 0.416 e. The van der Waals surface area contributed by atoms with E-state index in [1.807, 2.05) is 0 Å². The van der Waals surface area contributed by atoms with Crippen molar-refractivity contribution in [3.05, 3.63) is 41.5 Å². The molecule has 1 aromatic heterocycles. The highest BCUT2D eigenvalue weighted by Crippen LogP contribution is 2.41. The minimum absolute atomic E-state index is 0.0717. The molecule has 0 aliphatic heterocycles. The molecule has 1 heterocycles. The minimum atomic E-state index is -4.47. The van der Waals surface area contributed by atoms with Crippen LogP contribution in [0.25, 0.3) is 0 Å². The first kappa shape index (κ1) is 18.8. The molecule has 2 aliphatic rings. The van der Waals surface area contributed by atoms with Crippen LogP contribution >= 0.6 is 0 Å². The fourth-order valence-electron chi connectivity index (χ4n) is 3.64. The van der Waals surface area contributed by atoms with E-state index in [2.05, 4.69) is 20.8 Å². The third-order valence-electron chi connectivity index (χ3n) is 5.30. The predicted molar refractivity (Wildman–Crippen MR) is 94.6 cm³/mol. The number of anilines is 1. The van der Waals surface area contributed by atoms with Crippen molar-refractivity contribution in [1.29, 1.82) is 0 Å². The molecule has 2 amide bonds. The molecule has 9 heteroatoms. The third-order valence-corrected chi connectivity index (χ3v) is 5.30. The van der Waals surface area contributed by atoms with Crippen molar-refractivity contribution >= 4 is 11.7 Å². The van der Waals surface area contributed by atoms with Crippen LogP contribution in [0.15, 0.2) is 28.8 Å². The zero-order valence-electron chi connectivity index (χ0n) is 15.2. The standard InChI is InChI=1S/C19H21F3N4O2/c20-19(21,22)13-5-4-6-14(11-13)23-17(27)25-18(9-2-1-3-10-18)16-24-15(26-28-16)12-7-8-12/h4-6,11-12H,1-3,7-10H2,(H2,23,25,27). The molecule has 0 bridgehead atoms. The monoisotopic (exact) mass is 394 g/mol. The highest BCUT2D eigenvalue weighted by molar-refractivity contribution is 5.89. The first-order valence-electron chi connectivity index (χ1n) is 9.46. The minimum Gasteiger partial charge on any atom is -0.337 e. The van der Waals surface area contributed by atoms with Crippen LogP contribution in [-0.4, -0.2) is 16.2 Å². The van der Waals surface area contributed by atoms with Gasteiger partial charge in [-0.25, -0.2) is 4.79 Å². The van der Waals surface area contributed by atoms with E-state index in [0.29, 0.717) is 30.5 Å². The van der Waals surface area contributed by atoms with Crippen molar-refractivity contribution in [2.45, 2.75) is 62.6 Å². The van der Waals surface area contributed by atoms with Gasteiger partial charge in [0.2, 0.25) is 0 Å². The molecule has 2 saturated carbocycles. The smallest absolute Gasteiger partial charge is 0.337 e. The van der Waals surface area contributed by atoms with Crippen LogP contribution in [0.5, 0.6) is 0 Å². The Morgan fingerprint density at radius 2 is 1.93 bits per heavy atom. The van der Waals surface area contributed by atoms with Crippen LogP contribution < -0.4 is 10.6 Å². The molecule has 150 valence electrons. The summed E-state index contributed by atoms with van der Waals surface area (Å²) in [6.45, 7) is 0. The van der Waals surface area contributed by atoms with Gasteiger partial charge in [-0.1, -0.05) is 30.5 Å². The largest absolute Gasteiger partial charge is 0.416 e. The van der Waals surface area contributed by atoms with Gasteiger partial charge in [0, 0.05) is 11.6 Å². The van der Waals surface area contributed by atoms with Gasteiger partial charge in [0.05, 0.1) is 5.56 Å². The van der Waals surface area contributed by atoms with Gasteiger partial charge in [-0.3, -0.25) is 0 Å². The molecule has 0 radical (unpaired) electrons. The van der Waals surface area contributed by atoms with Gasteiger partial charge in [0.15, 0.2) is 5.82 Å². The Kier molecular flexibility index (Phi) is 4.76. The molecule has 6 nitrogen and oxygen atoms in total. The Bertz CT molecular complexity index is 855. The van der Waals surface area contributed by atoms with Gasteiger partial charge in [0.25, 0.3) is 5.89 Å². The van der Waals surface area contributed by atoms with Crippen molar-refractivity contribution in [2.75, 3.05) is 5.32 Å². The first-order chi connectivity index (χ1) is 13.4. The molecule has 28 heavy (non-hydrogen) atoms. The number of urea groups is 1. The topological polar surface area (TPSA) is 80.0 Å². The lowest BCUT2D eigenvalue weighted by Gasteiger charge is -2.34. The van der Waals surface area contributed by atoms with Crippen LogP contribution in [0.2, 0.25) is 0 Å². The number of alkyl halides is 3. The molecule has 0 unspecified atom stereocenters. The summed E-state index contributed by atoms with van der Waals surface area (Å²) in [6, 6.07) is 3.95. The molecule has 0 spiro atoms. The van der Waals surface area contributed by atoms with E-state index in [1.54, 1.807) is 0 Å². The van der Waals surface area contributed by atoms with E-state index < -0.39 is 23.3 Å². The molecule has 2 aliphatic carbocycles. The number of hydrogen-bond donors (Lipinski definition) is 2. The lowest BCUT2D eigenvalue weighted by atomic mass is 9.81. The summed E-state index contributed by atoms with van der Waals surface area (Å²) in [4.78, 5) is 17.1. The summed E-state index contributed by atoms with van der Waals surface area (Å²) in [5.41, 5.74) is -1.53. The Morgan fingerprint density at radius 1 is 1.18 bits per heavy atom. The Labute approximate surface area is 159 Å².